The van der Waals surface area contributed by atoms with Gasteiger partial charge in [-0.1, -0.05) is 6.08 Å². The largest absolute Gasteiger partial charge is 0.497 e. The third-order valence-corrected chi connectivity index (χ3v) is 3.86. The highest BCUT2D eigenvalue weighted by Gasteiger charge is 2.24. The maximum atomic E-state index is 12.0. The van der Waals surface area contributed by atoms with Crippen LogP contribution in [0.25, 0.3) is 0 Å². The molecule has 1 rings (SSSR count). The molecule has 0 radical (unpaired) electrons. The van der Waals surface area contributed by atoms with E-state index in [-0.39, 0.29) is 11.3 Å². The molecule has 0 aromatic heterocycles. The van der Waals surface area contributed by atoms with Crippen LogP contribution < -0.4 is 9.46 Å². The van der Waals surface area contributed by atoms with E-state index >= 15 is 0 Å². The van der Waals surface area contributed by atoms with Crippen molar-refractivity contribution in [1.82, 2.24) is 4.72 Å². The molecule has 0 spiro atoms. The molecular weight excluding hydrogens is 270 g/mol. The van der Waals surface area contributed by atoms with E-state index in [1.54, 1.807) is 0 Å². The SMILES string of the molecule is C=CCC(NS(=O)(=O)c1ccc(OC)cc1)C(=O)O. The van der Waals surface area contributed by atoms with Crippen molar-refractivity contribution in [3.8, 4) is 5.75 Å². The number of benzene rings is 1. The number of hydrogen-bond acceptors (Lipinski definition) is 4. The molecule has 104 valence electrons. The van der Waals surface area contributed by atoms with Gasteiger partial charge in [-0.2, -0.15) is 4.72 Å². The molecule has 0 fully saturated rings. The number of ether oxygens (including phenoxy) is 1. The van der Waals surface area contributed by atoms with Gasteiger partial charge in [-0.15, -0.1) is 6.58 Å². The molecule has 1 aromatic rings. The number of carbonyl (C=O) groups is 1. The van der Waals surface area contributed by atoms with Crippen molar-refractivity contribution in [3.05, 3.63) is 36.9 Å². The predicted molar refractivity (Wildman–Crippen MR) is 69.6 cm³/mol. The lowest BCUT2D eigenvalue weighted by molar-refractivity contribution is -0.138. The highest BCUT2D eigenvalue weighted by molar-refractivity contribution is 7.89. The number of carboxylic acid groups (broad SMARTS) is 1. The van der Waals surface area contributed by atoms with Crippen molar-refractivity contribution in [3.63, 3.8) is 0 Å². The molecule has 6 nitrogen and oxygen atoms in total. The van der Waals surface area contributed by atoms with Crippen LogP contribution in [0.4, 0.5) is 0 Å². The molecule has 0 bridgehead atoms. The molecule has 1 atom stereocenters. The van der Waals surface area contributed by atoms with Gasteiger partial charge in [0.05, 0.1) is 12.0 Å². The van der Waals surface area contributed by atoms with Crippen LogP contribution in [0.3, 0.4) is 0 Å². The maximum Gasteiger partial charge on any atom is 0.322 e. The fraction of sp³-hybridized carbons (Fsp3) is 0.250. The molecule has 0 aliphatic heterocycles. The molecule has 1 aromatic carbocycles. The van der Waals surface area contributed by atoms with Gasteiger partial charge in [-0.05, 0) is 30.7 Å². The number of nitrogens with one attached hydrogen (secondary N) is 1. The monoisotopic (exact) mass is 285 g/mol. The number of carboxylic acids is 1. The third kappa shape index (κ3) is 4.08. The first-order valence-electron chi connectivity index (χ1n) is 5.41. The zero-order valence-corrected chi connectivity index (χ0v) is 11.2. The average molecular weight is 285 g/mol. The van der Waals surface area contributed by atoms with Gasteiger partial charge in [-0.3, -0.25) is 4.79 Å². The van der Waals surface area contributed by atoms with Crippen LogP contribution in [0.2, 0.25) is 0 Å². The van der Waals surface area contributed by atoms with Gasteiger partial charge in [0.2, 0.25) is 10.0 Å². The van der Waals surface area contributed by atoms with Crippen LogP contribution >= 0.6 is 0 Å². The molecule has 1 unspecified atom stereocenters. The third-order valence-electron chi connectivity index (χ3n) is 2.37. The first-order chi connectivity index (χ1) is 8.90. The Kier molecular flexibility index (Phi) is 5.08. The Morgan fingerprint density at radius 1 is 1.47 bits per heavy atom. The second kappa shape index (κ2) is 6.35. The Hall–Kier alpha value is -1.86. The topological polar surface area (TPSA) is 92.7 Å². The number of sulfonamides is 1. The quantitative estimate of drug-likeness (QED) is 0.729. The van der Waals surface area contributed by atoms with Gasteiger partial charge < -0.3 is 9.84 Å². The summed E-state index contributed by atoms with van der Waals surface area (Å²) < 4.78 is 31.0. The minimum absolute atomic E-state index is 0.00468. The Bertz CT molecular complexity index is 550. The summed E-state index contributed by atoms with van der Waals surface area (Å²) >= 11 is 0. The normalized spacial score (nSPS) is 12.7. The average Bonchev–Trinajstić information content (AvgIpc) is 2.38. The van der Waals surface area contributed by atoms with E-state index in [0.717, 1.165) is 0 Å². The number of hydrogen-bond donors (Lipinski definition) is 2. The second-order valence-electron chi connectivity index (χ2n) is 3.71. The van der Waals surface area contributed by atoms with Crippen LogP contribution in [0.15, 0.2) is 41.8 Å². The standard InChI is InChI=1S/C12H15NO5S/c1-3-4-11(12(14)15)13-19(16,17)10-7-5-9(18-2)6-8-10/h3,5-8,11,13H,1,4H2,2H3,(H,14,15). The van der Waals surface area contributed by atoms with E-state index in [4.69, 9.17) is 9.84 Å². The molecule has 0 saturated carbocycles. The number of methoxy groups -OCH3 is 1. The fourth-order valence-electron chi connectivity index (χ4n) is 1.38. The number of rotatable bonds is 7. The summed E-state index contributed by atoms with van der Waals surface area (Å²) in [5.41, 5.74) is 0. The summed E-state index contributed by atoms with van der Waals surface area (Å²) in [5, 5.41) is 8.90. The van der Waals surface area contributed by atoms with Gasteiger partial charge in [0, 0.05) is 0 Å². The molecule has 0 saturated heterocycles. The summed E-state index contributed by atoms with van der Waals surface area (Å²) in [7, 11) is -2.42. The minimum Gasteiger partial charge on any atom is -0.497 e. The molecule has 0 heterocycles. The highest BCUT2D eigenvalue weighted by atomic mass is 32.2. The number of aliphatic carboxylic acids is 1. The van der Waals surface area contributed by atoms with Crippen LogP contribution in [0, 0.1) is 0 Å². The van der Waals surface area contributed by atoms with E-state index in [9.17, 15) is 13.2 Å². The summed E-state index contributed by atoms with van der Waals surface area (Å²) in [5.74, 6) is -0.739. The molecule has 0 aliphatic rings. The summed E-state index contributed by atoms with van der Waals surface area (Å²) in [6.07, 6.45) is 1.35. The van der Waals surface area contributed by atoms with Crippen molar-refractivity contribution >= 4 is 16.0 Å². The van der Waals surface area contributed by atoms with E-state index in [0.29, 0.717) is 5.75 Å². The fourth-order valence-corrected chi connectivity index (χ4v) is 2.58. The van der Waals surface area contributed by atoms with Crippen LogP contribution in [-0.4, -0.2) is 32.6 Å². The van der Waals surface area contributed by atoms with Gasteiger partial charge in [-0.25, -0.2) is 8.42 Å². The Balaban J connectivity index is 2.95. The zero-order chi connectivity index (χ0) is 14.5. The first-order valence-corrected chi connectivity index (χ1v) is 6.89. The summed E-state index contributed by atoms with van der Waals surface area (Å²) in [6, 6.07) is 4.42. The lowest BCUT2D eigenvalue weighted by atomic mass is 10.2. The Morgan fingerprint density at radius 2 is 2.05 bits per heavy atom. The molecule has 0 aliphatic carbocycles. The van der Waals surface area contributed by atoms with Gasteiger partial charge in [0.1, 0.15) is 11.8 Å². The van der Waals surface area contributed by atoms with Crippen molar-refractivity contribution in [1.29, 1.82) is 0 Å². The first kappa shape index (κ1) is 15.2. The predicted octanol–water partition coefficient (Wildman–Crippen LogP) is 1.00. The Labute approximate surface area is 111 Å². The van der Waals surface area contributed by atoms with E-state index in [1.807, 2.05) is 0 Å². The summed E-state index contributed by atoms with van der Waals surface area (Å²) in [6.45, 7) is 3.39. The summed E-state index contributed by atoms with van der Waals surface area (Å²) in [4.78, 5) is 10.9. The lowest BCUT2D eigenvalue weighted by Gasteiger charge is -2.13. The molecular formula is C12H15NO5S. The van der Waals surface area contributed by atoms with Crippen molar-refractivity contribution < 1.29 is 23.1 Å². The van der Waals surface area contributed by atoms with Crippen LogP contribution in [0.5, 0.6) is 5.75 Å². The minimum atomic E-state index is -3.89. The van der Waals surface area contributed by atoms with E-state index < -0.39 is 22.0 Å². The van der Waals surface area contributed by atoms with Crippen LogP contribution in [0.1, 0.15) is 6.42 Å². The second-order valence-corrected chi connectivity index (χ2v) is 5.43. The van der Waals surface area contributed by atoms with Gasteiger partial charge >= 0.3 is 5.97 Å². The van der Waals surface area contributed by atoms with Crippen LogP contribution in [-0.2, 0) is 14.8 Å². The zero-order valence-electron chi connectivity index (χ0n) is 10.4. The molecule has 19 heavy (non-hydrogen) atoms. The smallest absolute Gasteiger partial charge is 0.322 e. The van der Waals surface area contributed by atoms with Crippen molar-refractivity contribution in [2.75, 3.05) is 7.11 Å². The van der Waals surface area contributed by atoms with E-state index in [2.05, 4.69) is 11.3 Å². The molecule has 0 amide bonds. The van der Waals surface area contributed by atoms with E-state index in [1.165, 1.54) is 37.5 Å². The lowest BCUT2D eigenvalue weighted by Crippen LogP contribution is -2.40. The van der Waals surface area contributed by atoms with Crippen molar-refractivity contribution in [2.45, 2.75) is 17.4 Å². The molecule has 2 N–H and O–H groups in total. The Morgan fingerprint density at radius 3 is 2.47 bits per heavy atom. The van der Waals surface area contributed by atoms with Crippen molar-refractivity contribution in [2.24, 2.45) is 0 Å². The highest BCUT2D eigenvalue weighted by Crippen LogP contribution is 2.16. The van der Waals surface area contributed by atoms with Gasteiger partial charge in [0.25, 0.3) is 0 Å². The molecule has 7 heteroatoms. The maximum absolute atomic E-state index is 12.0. The van der Waals surface area contributed by atoms with Gasteiger partial charge in [0.15, 0.2) is 0 Å².